The second-order valence-corrected chi connectivity index (χ2v) is 5.67. The van der Waals surface area contributed by atoms with Crippen LogP contribution in [0.3, 0.4) is 0 Å². The molecule has 0 amide bonds. The predicted octanol–water partition coefficient (Wildman–Crippen LogP) is 2.81. The number of halogens is 1. The third kappa shape index (κ3) is 3.37. The van der Waals surface area contributed by atoms with Gasteiger partial charge in [-0.3, -0.25) is 0 Å². The molecule has 1 fully saturated rings. The number of methoxy groups -OCH3 is 1. The van der Waals surface area contributed by atoms with Gasteiger partial charge in [0.1, 0.15) is 5.82 Å². The van der Waals surface area contributed by atoms with Crippen LogP contribution in [0.25, 0.3) is 0 Å². The van der Waals surface area contributed by atoms with Crippen LogP contribution in [-0.2, 0) is 10.6 Å². The van der Waals surface area contributed by atoms with Crippen molar-refractivity contribution < 1.29 is 4.74 Å². The summed E-state index contributed by atoms with van der Waals surface area (Å²) in [5.74, 6) is 2.23. The molecular weight excluding hydrogens is 262 g/mol. The highest BCUT2D eigenvalue weighted by atomic mass is 35.5. The molecule has 2 rings (SSSR count). The highest BCUT2D eigenvalue weighted by Gasteiger charge is 2.25. The minimum atomic E-state index is 0.329. The van der Waals surface area contributed by atoms with Crippen LogP contribution in [0.5, 0.6) is 0 Å². The Bertz CT molecular complexity index is 425. The normalized spacial score (nSPS) is 19.4. The molecule has 0 aliphatic carbocycles. The molecule has 5 heteroatoms. The lowest BCUT2D eigenvalue weighted by molar-refractivity contribution is 0.161. The number of aromatic nitrogens is 2. The highest BCUT2D eigenvalue weighted by molar-refractivity contribution is 6.17. The molecule has 1 aliphatic rings. The van der Waals surface area contributed by atoms with Gasteiger partial charge >= 0.3 is 0 Å². The van der Waals surface area contributed by atoms with Gasteiger partial charge < -0.3 is 9.64 Å². The number of alkyl halides is 1. The molecule has 1 aliphatic heterocycles. The minimum Gasteiger partial charge on any atom is -0.384 e. The summed E-state index contributed by atoms with van der Waals surface area (Å²) in [4.78, 5) is 11.4. The number of ether oxygens (including phenoxy) is 1. The summed E-state index contributed by atoms with van der Waals surface area (Å²) in [6, 6.07) is 0. The largest absolute Gasteiger partial charge is 0.384 e. The van der Waals surface area contributed by atoms with Crippen LogP contribution < -0.4 is 4.90 Å². The van der Waals surface area contributed by atoms with E-state index in [1.165, 1.54) is 0 Å². The zero-order valence-corrected chi connectivity index (χ0v) is 12.7. The van der Waals surface area contributed by atoms with E-state index in [0.29, 0.717) is 17.7 Å². The molecule has 19 heavy (non-hydrogen) atoms. The van der Waals surface area contributed by atoms with Crippen molar-refractivity contribution in [1.82, 2.24) is 9.97 Å². The molecule has 106 valence electrons. The second kappa shape index (κ2) is 6.53. The summed E-state index contributed by atoms with van der Waals surface area (Å²) in [6.45, 7) is 7.04. The lowest BCUT2D eigenvalue weighted by Gasteiger charge is -2.21. The molecule has 0 spiro atoms. The second-order valence-electron chi connectivity index (χ2n) is 5.40. The number of anilines is 1. The van der Waals surface area contributed by atoms with Crippen LogP contribution in [0.15, 0.2) is 6.20 Å². The first-order valence-electron chi connectivity index (χ1n) is 6.81. The lowest BCUT2D eigenvalue weighted by atomic mass is 10.1. The molecule has 1 atom stereocenters. The average molecular weight is 284 g/mol. The first kappa shape index (κ1) is 14.5. The molecule has 1 aromatic heterocycles. The van der Waals surface area contributed by atoms with E-state index in [0.717, 1.165) is 43.3 Å². The zero-order chi connectivity index (χ0) is 13.8. The van der Waals surface area contributed by atoms with E-state index >= 15 is 0 Å². The SMILES string of the molecule is COCC1CCN(c2cnc(C(C)C)nc2CCl)C1. The fraction of sp³-hybridized carbons (Fsp3) is 0.714. The first-order chi connectivity index (χ1) is 9.15. The predicted molar refractivity (Wildman–Crippen MR) is 77.9 cm³/mol. The first-order valence-corrected chi connectivity index (χ1v) is 7.34. The van der Waals surface area contributed by atoms with Gasteiger partial charge in [-0.05, 0) is 6.42 Å². The molecule has 4 nitrogen and oxygen atoms in total. The van der Waals surface area contributed by atoms with E-state index in [4.69, 9.17) is 16.3 Å². The fourth-order valence-electron chi connectivity index (χ4n) is 2.49. The van der Waals surface area contributed by atoms with Crippen LogP contribution in [-0.4, -0.2) is 36.8 Å². The Kier molecular flexibility index (Phi) is 4.99. The number of rotatable bonds is 5. The van der Waals surface area contributed by atoms with Gasteiger partial charge in [0.2, 0.25) is 0 Å². The molecule has 0 aromatic carbocycles. The molecule has 0 saturated carbocycles. The Morgan fingerprint density at radius 1 is 1.53 bits per heavy atom. The van der Waals surface area contributed by atoms with E-state index in [-0.39, 0.29) is 0 Å². The summed E-state index contributed by atoms with van der Waals surface area (Å²) in [5, 5.41) is 0. The van der Waals surface area contributed by atoms with Gasteiger partial charge in [0.15, 0.2) is 0 Å². The van der Waals surface area contributed by atoms with E-state index in [1.807, 2.05) is 6.20 Å². The number of nitrogens with zero attached hydrogens (tertiary/aromatic N) is 3. The quantitative estimate of drug-likeness (QED) is 0.779. The van der Waals surface area contributed by atoms with Gasteiger partial charge in [0, 0.05) is 32.0 Å². The smallest absolute Gasteiger partial charge is 0.131 e. The zero-order valence-electron chi connectivity index (χ0n) is 11.9. The van der Waals surface area contributed by atoms with Crippen molar-refractivity contribution >= 4 is 17.3 Å². The third-order valence-corrected chi connectivity index (χ3v) is 3.79. The molecule has 1 unspecified atom stereocenters. The van der Waals surface area contributed by atoms with Crippen molar-refractivity contribution in [2.75, 3.05) is 31.7 Å². The van der Waals surface area contributed by atoms with E-state index < -0.39 is 0 Å². The van der Waals surface area contributed by atoms with Crippen molar-refractivity contribution in [2.45, 2.75) is 32.1 Å². The van der Waals surface area contributed by atoms with Gasteiger partial charge in [-0.15, -0.1) is 11.6 Å². The summed E-state index contributed by atoms with van der Waals surface area (Å²) < 4.78 is 5.23. The van der Waals surface area contributed by atoms with Gasteiger partial charge in [0.25, 0.3) is 0 Å². The minimum absolute atomic E-state index is 0.329. The Balaban J connectivity index is 2.16. The van der Waals surface area contributed by atoms with Crippen LogP contribution in [0.2, 0.25) is 0 Å². The maximum absolute atomic E-state index is 6.04. The van der Waals surface area contributed by atoms with Crippen LogP contribution in [0.1, 0.15) is 37.7 Å². The molecule has 0 bridgehead atoms. The summed E-state index contributed by atoms with van der Waals surface area (Å²) in [5.41, 5.74) is 2.02. The molecule has 1 saturated heterocycles. The van der Waals surface area contributed by atoms with Crippen molar-refractivity contribution in [3.63, 3.8) is 0 Å². The van der Waals surface area contributed by atoms with Crippen molar-refractivity contribution in [2.24, 2.45) is 5.92 Å². The molecule has 0 radical (unpaired) electrons. The maximum atomic E-state index is 6.04. The maximum Gasteiger partial charge on any atom is 0.131 e. The standard InChI is InChI=1S/C14H22ClN3O/c1-10(2)14-16-7-13(12(6-15)17-14)18-5-4-11(8-18)9-19-3/h7,10-11H,4-6,8-9H2,1-3H3. The number of hydrogen-bond acceptors (Lipinski definition) is 4. The topological polar surface area (TPSA) is 38.2 Å². The van der Waals surface area contributed by atoms with Crippen molar-refractivity contribution in [1.29, 1.82) is 0 Å². The molecular formula is C14H22ClN3O. The van der Waals surface area contributed by atoms with Crippen LogP contribution >= 0.6 is 11.6 Å². The van der Waals surface area contributed by atoms with Crippen molar-refractivity contribution in [3.8, 4) is 0 Å². The van der Waals surface area contributed by atoms with Crippen LogP contribution in [0, 0.1) is 5.92 Å². The third-order valence-electron chi connectivity index (χ3n) is 3.54. The van der Waals surface area contributed by atoms with Gasteiger partial charge in [-0.2, -0.15) is 0 Å². The van der Waals surface area contributed by atoms with Crippen LogP contribution in [0.4, 0.5) is 5.69 Å². The summed E-state index contributed by atoms with van der Waals surface area (Å²) in [7, 11) is 1.76. The Hall–Kier alpha value is -0.870. The Morgan fingerprint density at radius 3 is 2.95 bits per heavy atom. The average Bonchev–Trinajstić information content (AvgIpc) is 2.86. The van der Waals surface area contributed by atoms with E-state index in [9.17, 15) is 0 Å². The summed E-state index contributed by atoms with van der Waals surface area (Å²) >= 11 is 6.04. The molecule has 1 aromatic rings. The monoisotopic (exact) mass is 283 g/mol. The Morgan fingerprint density at radius 2 is 2.32 bits per heavy atom. The fourth-order valence-corrected chi connectivity index (χ4v) is 2.69. The van der Waals surface area contributed by atoms with E-state index in [1.54, 1.807) is 7.11 Å². The lowest BCUT2D eigenvalue weighted by Crippen LogP contribution is -2.23. The molecule has 0 N–H and O–H groups in total. The van der Waals surface area contributed by atoms with Gasteiger partial charge in [-0.25, -0.2) is 9.97 Å². The highest BCUT2D eigenvalue weighted by Crippen LogP contribution is 2.27. The number of hydrogen-bond donors (Lipinski definition) is 0. The van der Waals surface area contributed by atoms with Gasteiger partial charge in [-0.1, -0.05) is 13.8 Å². The van der Waals surface area contributed by atoms with E-state index in [2.05, 4.69) is 28.7 Å². The Labute approximate surface area is 120 Å². The van der Waals surface area contributed by atoms with Crippen molar-refractivity contribution in [3.05, 3.63) is 17.7 Å². The van der Waals surface area contributed by atoms with Gasteiger partial charge in [0.05, 0.1) is 30.1 Å². The summed E-state index contributed by atoms with van der Waals surface area (Å²) in [6.07, 6.45) is 3.08. The molecule has 2 heterocycles.